The fraction of sp³-hybridized carbons (Fsp3) is 0.517. The molecular weight excluding hydrogens is 518 g/mol. The van der Waals surface area contributed by atoms with Crippen molar-refractivity contribution in [3.8, 4) is 0 Å². The van der Waals surface area contributed by atoms with Crippen LogP contribution >= 0.6 is 0 Å². The van der Waals surface area contributed by atoms with E-state index in [0.29, 0.717) is 24.7 Å². The number of nitrogens with zero attached hydrogens (tertiary/aromatic N) is 3. The molecule has 1 aliphatic carbocycles. The molecule has 1 heterocycles. The molecule has 0 radical (unpaired) electrons. The quantitative estimate of drug-likeness (QED) is 0.501. The van der Waals surface area contributed by atoms with Gasteiger partial charge < -0.3 is 4.90 Å². The second-order valence-electron chi connectivity index (χ2n) is 10.7. The number of hydrogen-bond acceptors (Lipinski definition) is 5. The van der Waals surface area contributed by atoms with E-state index in [1.165, 1.54) is 21.5 Å². The third-order valence-corrected chi connectivity index (χ3v) is 11.4. The van der Waals surface area contributed by atoms with E-state index < -0.39 is 20.0 Å². The number of hydrogen-bond donors (Lipinski definition) is 0. The molecule has 1 aliphatic heterocycles. The molecule has 0 aromatic heterocycles. The molecule has 38 heavy (non-hydrogen) atoms. The topological polar surface area (TPSA) is 78.0 Å². The van der Waals surface area contributed by atoms with E-state index in [-0.39, 0.29) is 22.9 Å². The van der Waals surface area contributed by atoms with Crippen molar-refractivity contribution in [2.75, 3.05) is 39.3 Å². The predicted octanol–water partition coefficient (Wildman–Crippen LogP) is 4.58. The van der Waals surface area contributed by atoms with Gasteiger partial charge in [-0.25, -0.2) is 16.8 Å². The van der Waals surface area contributed by atoms with Crippen molar-refractivity contribution in [1.82, 2.24) is 13.5 Å². The first-order valence-corrected chi connectivity index (χ1v) is 16.5. The van der Waals surface area contributed by atoms with E-state index in [4.69, 9.17) is 0 Å². The van der Waals surface area contributed by atoms with Gasteiger partial charge in [-0.05, 0) is 82.5 Å². The predicted molar refractivity (Wildman–Crippen MR) is 152 cm³/mol. The second kappa shape index (κ2) is 12.4. The summed E-state index contributed by atoms with van der Waals surface area (Å²) in [6.07, 6.45) is 6.16. The van der Waals surface area contributed by atoms with Crippen LogP contribution in [0.4, 0.5) is 0 Å². The monoisotopic (exact) mass is 559 g/mol. The molecule has 2 aromatic carbocycles. The smallest absolute Gasteiger partial charge is 0.243 e. The summed E-state index contributed by atoms with van der Waals surface area (Å²) < 4.78 is 57.6. The Labute approximate surface area is 229 Å². The lowest BCUT2D eigenvalue weighted by atomic mass is 10.1. The maximum absolute atomic E-state index is 13.7. The molecule has 9 heteroatoms. The summed E-state index contributed by atoms with van der Waals surface area (Å²) in [5.41, 5.74) is 2.54. The molecule has 0 bridgehead atoms. The van der Waals surface area contributed by atoms with Crippen LogP contribution in [0.3, 0.4) is 0 Å². The van der Waals surface area contributed by atoms with Crippen LogP contribution in [0.1, 0.15) is 49.7 Å². The van der Waals surface area contributed by atoms with Crippen LogP contribution in [-0.4, -0.2) is 75.7 Å². The maximum atomic E-state index is 13.7. The fourth-order valence-electron chi connectivity index (χ4n) is 5.48. The molecular formula is C29H41N3O4S2. The fourth-order valence-corrected chi connectivity index (χ4v) is 8.48. The third kappa shape index (κ3) is 6.93. The van der Waals surface area contributed by atoms with Crippen LogP contribution in [0.15, 0.2) is 70.5 Å². The van der Waals surface area contributed by atoms with Crippen LogP contribution in [0, 0.1) is 13.8 Å². The number of sulfonamides is 2. The molecule has 0 amide bonds. The second-order valence-corrected chi connectivity index (χ2v) is 14.6. The summed E-state index contributed by atoms with van der Waals surface area (Å²) in [5.74, 6) is 0. The maximum Gasteiger partial charge on any atom is 0.243 e. The SMILES string of the molecule is C=C1CN(S(=O)(=O)c2ccc(C)cc2)CCCN(C2CCCC2)CCCN(S(=O)(=O)c2ccc(C)cc2)C1. The van der Waals surface area contributed by atoms with Crippen molar-refractivity contribution in [1.29, 1.82) is 0 Å². The highest BCUT2D eigenvalue weighted by atomic mass is 32.2. The van der Waals surface area contributed by atoms with Crippen molar-refractivity contribution in [2.45, 2.75) is 68.2 Å². The Morgan fingerprint density at radius 2 is 1.03 bits per heavy atom. The van der Waals surface area contributed by atoms with Gasteiger partial charge in [0.1, 0.15) is 0 Å². The zero-order valence-electron chi connectivity index (χ0n) is 22.7. The van der Waals surface area contributed by atoms with Crippen LogP contribution in [0.5, 0.6) is 0 Å². The van der Waals surface area contributed by atoms with Gasteiger partial charge in [-0.3, -0.25) is 0 Å². The Morgan fingerprint density at radius 1 is 0.632 bits per heavy atom. The molecule has 7 nitrogen and oxygen atoms in total. The highest BCUT2D eigenvalue weighted by Gasteiger charge is 2.30. The Balaban J connectivity index is 1.63. The number of benzene rings is 2. The summed E-state index contributed by atoms with van der Waals surface area (Å²) >= 11 is 0. The van der Waals surface area contributed by atoms with E-state index >= 15 is 0 Å². The van der Waals surface area contributed by atoms with Crippen molar-refractivity contribution >= 4 is 20.0 Å². The van der Waals surface area contributed by atoms with Gasteiger partial charge >= 0.3 is 0 Å². The van der Waals surface area contributed by atoms with E-state index in [0.717, 1.165) is 49.9 Å². The Bertz CT molecular complexity index is 1210. The van der Waals surface area contributed by atoms with Crippen molar-refractivity contribution in [3.63, 3.8) is 0 Å². The van der Waals surface area contributed by atoms with Crippen molar-refractivity contribution in [2.24, 2.45) is 0 Å². The minimum absolute atomic E-state index is 0.0829. The van der Waals surface area contributed by atoms with E-state index in [1.54, 1.807) is 48.5 Å². The van der Waals surface area contributed by atoms with Gasteiger partial charge in [-0.1, -0.05) is 54.8 Å². The largest absolute Gasteiger partial charge is 0.300 e. The molecule has 1 saturated heterocycles. The summed E-state index contributed by atoms with van der Waals surface area (Å²) in [6, 6.07) is 14.3. The van der Waals surface area contributed by atoms with E-state index in [2.05, 4.69) is 11.5 Å². The molecule has 2 aliphatic rings. The van der Waals surface area contributed by atoms with Gasteiger partial charge in [0.2, 0.25) is 20.0 Å². The Hall–Kier alpha value is -2.04. The third-order valence-electron chi connectivity index (χ3n) is 7.66. The van der Waals surface area contributed by atoms with Crippen LogP contribution in [-0.2, 0) is 20.0 Å². The molecule has 1 saturated carbocycles. The zero-order valence-corrected chi connectivity index (χ0v) is 24.3. The normalized spacial score (nSPS) is 20.7. The van der Waals surface area contributed by atoms with Gasteiger partial charge in [0.15, 0.2) is 0 Å². The first kappa shape index (κ1) is 29.0. The van der Waals surface area contributed by atoms with E-state index in [9.17, 15) is 16.8 Å². The van der Waals surface area contributed by atoms with Gasteiger partial charge in [-0.15, -0.1) is 0 Å². The summed E-state index contributed by atoms with van der Waals surface area (Å²) in [5, 5.41) is 0. The molecule has 2 aromatic rings. The lowest BCUT2D eigenvalue weighted by molar-refractivity contribution is 0.183. The van der Waals surface area contributed by atoms with Gasteiger partial charge in [0.05, 0.1) is 9.79 Å². The van der Waals surface area contributed by atoms with Crippen LogP contribution in [0.25, 0.3) is 0 Å². The average Bonchev–Trinajstić information content (AvgIpc) is 3.41. The lowest BCUT2D eigenvalue weighted by Crippen LogP contribution is -2.43. The standard InChI is InChI=1S/C29H41N3O4S2/c1-24-10-14-28(15-11-24)37(33,34)31-20-6-18-30(27-8-4-5-9-27)19-7-21-32(23-26(3)22-31)38(35,36)29-16-12-25(2)13-17-29/h10-17,27H,3-9,18-23H2,1-2H3. The molecule has 208 valence electrons. The lowest BCUT2D eigenvalue weighted by Gasteiger charge is -2.33. The minimum Gasteiger partial charge on any atom is -0.300 e. The molecule has 2 fully saturated rings. The Morgan fingerprint density at radius 3 is 1.42 bits per heavy atom. The molecule has 0 unspecified atom stereocenters. The highest BCUT2D eigenvalue weighted by molar-refractivity contribution is 7.89. The molecule has 0 spiro atoms. The van der Waals surface area contributed by atoms with Crippen LogP contribution in [0.2, 0.25) is 0 Å². The number of rotatable bonds is 5. The summed E-state index contributed by atoms with van der Waals surface area (Å²) in [6.45, 7) is 10.5. The van der Waals surface area contributed by atoms with Crippen LogP contribution < -0.4 is 0 Å². The molecule has 0 atom stereocenters. The van der Waals surface area contributed by atoms with Gasteiger partial charge in [0, 0.05) is 32.2 Å². The summed E-state index contributed by atoms with van der Waals surface area (Å²) in [4.78, 5) is 2.95. The van der Waals surface area contributed by atoms with Gasteiger partial charge in [-0.2, -0.15) is 8.61 Å². The first-order chi connectivity index (χ1) is 18.1. The van der Waals surface area contributed by atoms with Gasteiger partial charge in [0.25, 0.3) is 0 Å². The minimum atomic E-state index is -3.76. The summed E-state index contributed by atoms with van der Waals surface area (Å²) in [7, 11) is -7.52. The molecule has 4 rings (SSSR count). The molecule has 0 N–H and O–H groups in total. The van der Waals surface area contributed by atoms with Crippen molar-refractivity contribution in [3.05, 3.63) is 71.8 Å². The highest BCUT2D eigenvalue weighted by Crippen LogP contribution is 2.26. The Kier molecular flexibility index (Phi) is 9.47. The first-order valence-electron chi connectivity index (χ1n) is 13.6. The average molecular weight is 560 g/mol. The number of aryl methyl sites for hydroxylation is 2. The zero-order chi connectivity index (χ0) is 27.3. The van der Waals surface area contributed by atoms with Crippen molar-refractivity contribution < 1.29 is 16.8 Å². The van der Waals surface area contributed by atoms with E-state index in [1.807, 2.05) is 13.8 Å².